The Morgan fingerprint density at radius 2 is 1.68 bits per heavy atom. The van der Waals surface area contributed by atoms with Crippen molar-refractivity contribution in [3.63, 3.8) is 0 Å². The van der Waals surface area contributed by atoms with Crippen LogP contribution in [-0.2, 0) is 34.1 Å². The summed E-state index contributed by atoms with van der Waals surface area (Å²) in [7, 11) is -2.97. The molecule has 3 aromatic rings. The molecule has 2 aliphatic rings. The predicted octanol–water partition coefficient (Wildman–Crippen LogP) is 5.81. The van der Waals surface area contributed by atoms with E-state index in [4.69, 9.17) is 14.6 Å². The first kappa shape index (κ1) is 26.3. The van der Waals surface area contributed by atoms with E-state index < -0.39 is 15.8 Å². The van der Waals surface area contributed by atoms with Crippen LogP contribution in [0.3, 0.4) is 0 Å². The van der Waals surface area contributed by atoms with Crippen molar-refractivity contribution < 1.29 is 27.8 Å². The summed E-state index contributed by atoms with van der Waals surface area (Å²) < 4.78 is 35.3. The molecule has 5 rings (SSSR count). The number of fused-ring (bicyclic) bond motifs is 3. The monoisotopic (exact) mass is 534 g/mol. The zero-order valence-corrected chi connectivity index (χ0v) is 22.5. The smallest absolute Gasteiger partial charge is 0.307 e. The Hall–Kier alpha value is -3.32. The number of hydrogen-bond donors (Lipinski definition) is 1. The molecule has 2 atom stereocenters. The number of rotatable bonds is 11. The maximum Gasteiger partial charge on any atom is 0.307 e. The van der Waals surface area contributed by atoms with E-state index in [0.717, 1.165) is 41.9 Å². The number of aliphatic carboxylic acids is 1. The summed E-state index contributed by atoms with van der Waals surface area (Å²) in [5.41, 5.74) is 7.15. The molecule has 0 spiro atoms. The van der Waals surface area contributed by atoms with Gasteiger partial charge in [-0.05, 0) is 102 Å². The molecular weight excluding hydrogens is 500 g/mol. The Kier molecular flexibility index (Phi) is 7.75. The molecule has 38 heavy (non-hydrogen) atoms. The van der Waals surface area contributed by atoms with Gasteiger partial charge in [-0.3, -0.25) is 4.79 Å². The number of aryl methyl sites for hydroxylation is 2. The molecule has 2 unspecified atom stereocenters. The van der Waals surface area contributed by atoms with E-state index in [1.54, 1.807) is 6.92 Å². The topological polar surface area (TPSA) is 89.9 Å². The summed E-state index contributed by atoms with van der Waals surface area (Å²) in [6.45, 7) is 2.51. The lowest BCUT2D eigenvalue weighted by molar-refractivity contribution is -0.138. The molecule has 1 N–H and O–H groups in total. The molecule has 200 valence electrons. The molecule has 6 nitrogen and oxygen atoms in total. The van der Waals surface area contributed by atoms with E-state index in [2.05, 4.69) is 30.3 Å². The first-order valence-corrected chi connectivity index (χ1v) is 15.2. The zero-order valence-electron chi connectivity index (χ0n) is 21.7. The van der Waals surface area contributed by atoms with Gasteiger partial charge in [-0.1, -0.05) is 37.3 Å². The second-order valence-electron chi connectivity index (χ2n) is 10.2. The number of sulfone groups is 1. The van der Waals surface area contributed by atoms with Crippen LogP contribution < -0.4 is 9.47 Å². The molecule has 0 radical (unpaired) electrons. The van der Waals surface area contributed by atoms with Gasteiger partial charge in [0.1, 0.15) is 27.9 Å². The lowest BCUT2D eigenvalue weighted by Crippen LogP contribution is -2.11. The zero-order chi connectivity index (χ0) is 26.7. The summed E-state index contributed by atoms with van der Waals surface area (Å²) in [6, 6.07) is 20.5. The van der Waals surface area contributed by atoms with Crippen molar-refractivity contribution in [1.29, 1.82) is 0 Å². The van der Waals surface area contributed by atoms with E-state index in [-0.39, 0.29) is 23.3 Å². The van der Waals surface area contributed by atoms with Crippen LogP contribution in [0.15, 0.2) is 60.7 Å². The molecule has 0 heterocycles. The lowest BCUT2D eigenvalue weighted by atomic mass is 9.95. The van der Waals surface area contributed by atoms with Gasteiger partial charge < -0.3 is 14.6 Å². The summed E-state index contributed by atoms with van der Waals surface area (Å²) in [5.74, 6) is 1.02. The van der Waals surface area contributed by atoms with Gasteiger partial charge in [0.05, 0.1) is 18.3 Å². The fourth-order valence-electron chi connectivity index (χ4n) is 5.21. The average Bonchev–Trinajstić information content (AvgIpc) is 3.74. The first-order valence-electron chi connectivity index (χ1n) is 13.4. The Morgan fingerprint density at radius 3 is 2.42 bits per heavy atom. The van der Waals surface area contributed by atoms with Crippen molar-refractivity contribution in [2.75, 3.05) is 18.1 Å². The van der Waals surface area contributed by atoms with E-state index in [1.165, 1.54) is 22.3 Å². The minimum atomic E-state index is -2.97. The third kappa shape index (κ3) is 6.21. The Labute approximate surface area is 224 Å². The standard InChI is InChI=1S/C31H34O6S/c1-2-38(34,35)16-4-15-36-26-13-14-27-24(18-26)6-3-5-22-8-7-21(17-28(22)27)20-37-25-11-9-23(10-12-25)29-19-30(29)31(32)33/h7-14,17-18,29-30H,2-6,15-16,19-20H2,1H3,(H,32,33). The highest BCUT2D eigenvalue weighted by atomic mass is 32.2. The van der Waals surface area contributed by atoms with Gasteiger partial charge in [0.15, 0.2) is 0 Å². The molecular formula is C31H34O6S. The quantitative estimate of drug-likeness (QED) is 0.312. The van der Waals surface area contributed by atoms with Crippen molar-refractivity contribution in [1.82, 2.24) is 0 Å². The SMILES string of the molecule is CCS(=O)(=O)CCCOc1ccc2c(c1)CCCc1ccc(COc3ccc(C4CC4C(=O)O)cc3)cc1-2. The number of benzene rings is 3. The van der Waals surface area contributed by atoms with Gasteiger partial charge in [0.25, 0.3) is 0 Å². The van der Waals surface area contributed by atoms with Crippen LogP contribution in [-0.4, -0.2) is 37.6 Å². The van der Waals surface area contributed by atoms with Crippen molar-refractivity contribution in [3.8, 4) is 22.6 Å². The van der Waals surface area contributed by atoms with Crippen molar-refractivity contribution in [2.24, 2.45) is 5.92 Å². The summed E-state index contributed by atoms with van der Waals surface area (Å²) in [4.78, 5) is 11.1. The maximum absolute atomic E-state index is 11.7. The molecule has 1 saturated carbocycles. The van der Waals surface area contributed by atoms with Crippen LogP contribution in [0, 0.1) is 5.92 Å². The van der Waals surface area contributed by atoms with Crippen LogP contribution in [0.4, 0.5) is 0 Å². The molecule has 1 fully saturated rings. The van der Waals surface area contributed by atoms with Gasteiger partial charge in [-0.25, -0.2) is 8.42 Å². The van der Waals surface area contributed by atoms with E-state index in [0.29, 0.717) is 26.1 Å². The van der Waals surface area contributed by atoms with Gasteiger partial charge in [0.2, 0.25) is 0 Å². The minimum Gasteiger partial charge on any atom is -0.494 e. The third-order valence-electron chi connectivity index (χ3n) is 7.56. The summed E-state index contributed by atoms with van der Waals surface area (Å²) in [6.07, 6.45) is 4.24. The van der Waals surface area contributed by atoms with Crippen LogP contribution in [0.2, 0.25) is 0 Å². The Balaban J connectivity index is 1.23. The molecule has 0 aliphatic heterocycles. The number of carbonyl (C=O) groups is 1. The molecule has 0 amide bonds. The van der Waals surface area contributed by atoms with E-state index >= 15 is 0 Å². The molecule has 0 bridgehead atoms. The number of carboxylic acid groups (broad SMARTS) is 1. The normalized spacial score (nSPS) is 18.1. The average molecular weight is 535 g/mol. The summed E-state index contributed by atoms with van der Waals surface area (Å²) >= 11 is 0. The van der Waals surface area contributed by atoms with Crippen LogP contribution >= 0.6 is 0 Å². The highest BCUT2D eigenvalue weighted by Gasteiger charge is 2.44. The van der Waals surface area contributed by atoms with Gasteiger partial charge in [-0.15, -0.1) is 0 Å². The number of carboxylic acids is 1. The van der Waals surface area contributed by atoms with Crippen molar-refractivity contribution in [3.05, 3.63) is 82.9 Å². The Bertz CT molecular complexity index is 1410. The molecule has 0 saturated heterocycles. The van der Waals surface area contributed by atoms with Crippen LogP contribution in [0.1, 0.15) is 54.4 Å². The summed E-state index contributed by atoms with van der Waals surface area (Å²) in [5, 5.41) is 9.15. The third-order valence-corrected chi connectivity index (χ3v) is 9.35. The second kappa shape index (κ2) is 11.2. The second-order valence-corrected chi connectivity index (χ2v) is 12.7. The highest BCUT2D eigenvalue weighted by Crippen LogP contribution is 2.47. The van der Waals surface area contributed by atoms with Crippen LogP contribution in [0.25, 0.3) is 11.1 Å². The molecule has 0 aromatic heterocycles. The highest BCUT2D eigenvalue weighted by molar-refractivity contribution is 7.91. The van der Waals surface area contributed by atoms with Crippen molar-refractivity contribution >= 4 is 15.8 Å². The minimum absolute atomic E-state index is 0.120. The van der Waals surface area contributed by atoms with Gasteiger partial charge >= 0.3 is 5.97 Å². The lowest BCUT2D eigenvalue weighted by Gasteiger charge is -2.14. The number of hydrogen-bond acceptors (Lipinski definition) is 5. The molecule has 2 aliphatic carbocycles. The first-order chi connectivity index (χ1) is 18.3. The number of ether oxygens (including phenoxy) is 2. The Morgan fingerprint density at radius 1 is 0.921 bits per heavy atom. The van der Waals surface area contributed by atoms with Gasteiger partial charge in [0, 0.05) is 5.75 Å². The molecule has 7 heteroatoms. The molecule has 3 aromatic carbocycles. The fraction of sp³-hybridized carbons (Fsp3) is 0.387. The van der Waals surface area contributed by atoms with E-state index in [9.17, 15) is 13.2 Å². The predicted molar refractivity (Wildman–Crippen MR) is 148 cm³/mol. The largest absolute Gasteiger partial charge is 0.494 e. The fourth-order valence-corrected chi connectivity index (χ4v) is 6.05. The van der Waals surface area contributed by atoms with E-state index in [1.807, 2.05) is 30.3 Å². The maximum atomic E-state index is 11.7. The van der Waals surface area contributed by atoms with Crippen molar-refractivity contribution in [2.45, 2.75) is 51.6 Å². The van der Waals surface area contributed by atoms with Gasteiger partial charge in [-0.2, -0.15) is 0 Å². The van der Waals surface area contributed by atoms with Crippen LogP contribution in [0.5, 0.6) is 11.5 Å².